The Kier molecular flexibility index (Phi) is 6.17. The highest BCUT2D eigenvalue weighted by molar-refractivity contribution is 5.75. The van der Waals surface area contributed by atoms with Crippen LogP contribution in [-0.4, -0.2) is 38.9 Å². The van der Waals surface area contributed by atoms with Gasteiger partial charge in [-0.2, -0.15) is 0 Å². The summed E-state index contributed by atoms with van der Waals surface area (Å²) in [6, 6.07) is 0. The Balaban J connectivity index is 0.00000196. The lowest BCUT2D eigenvalue weighted by Crippen LogP contribution is -3.15. The van der Waals surface area contributed by atoms with Gasteiger partial charge in [0, 0.05) is 13.1 Å². The molecule has 1 fully saturated rings. The molecule has 0 radical (unpaired) electrons. The third-order valence-electron chi connectivity index (χ3n) is 2.33. The maximum atomic E-state index is 11.5. The number of halogens is 1. The Morgan fingerprint density at radius 3 is 2.33 bits per heavy atom. The Morgan fingerprint density at radius 2 is 1.87 bits per heavy atom. The molecule has 1 aliphatic rings. The van der Waals surface area contributed by atoms with Crippen molar-refractivity contribution in [2.45, 2.75) is 20.8 Å². The molecule has 0 saturated carbocycles. The molecule has 0 aromatic carbocycles. The highest BCUT2D eigenvalue weighted by Crippen LogP contribution is 2.14. The quantitative estimate of drug-likeness (QED) is 0.481. The molecule has 1 heterocycles. The van der Waals surface area contributed by atoms with Gasteiger partial charge in [-0.1, -0.05) is 0 Å². The van der Waals surface area contributed by atoms with E-state index in [9.17, 15) is 4.79 Å². The topological polar surface area (TPSA) is 42.8 Å². The molecule has 90 valence electrons. The zero-order valence-electron chi connectivity index (χ0n) is 9.73. The first-order valence-corrected chi connectivity index (χ1v) is 5.21. The molecule has 5 heteroatoms. The van der Waals surface area contributed by atoms with Crippen molar-refractivity contribution < 1.29 is 26.8 Å². The lowest BCUT2D eigenvalue weighted by atomic mass is 9.98. The van der Waals surface area contributed by atoms with Gasteiger partial charge < -0.3 is 27.4 Å². The fraction of sp³-hybridized carbons (Fsp3) is 0.900. The smallest absolute Gasteiger partial charge is 0.315 e. The van der Waals surface area contributed by atoms with Gasteiger partial charge in [0.05, 0.1) is 18.5 Å². The largest absolute Gasteiger partial charge is 1.00 e. The van der Waals surface area contributed by atoms with Crippen LogP contribution in [-0.2, 0) is 9.53 Å². The molecule has 1 saturated heterocycles. The van der Waals surface area contributed by atoms with E-state index in [4.69, 9.17) is 4.74 Å². The summed E-state index contributed by atoms with van der Waals surface area (Å²) < 4.78 is 5.24. The predicted molar refractivity (Wildman–Crippen MR) is 54.0 cm³/mol. The average Bonchev–Trinajstić information content (AvgIpc) is 2.14. The van der Waals surface area contributed by atoms with Crippen molar-refractivity contribution in [1.29, 1.82) is 0 Å². The molecule has 0 spiro atoms. The van der Waals surface area contributed by atoms with Gasteiger partial charge in [0.2, 0.25) is 6.73 Å². The molecular formula is C10H21ClN2O2. The second kappa shape index (κ2) is 6.30. The van der Waals surface area contributed by atoms with Gasteiger partial charge in [-0.25, -0.2) is 0 Å². The number of carbonyl (C=O) groups excluding carboxylic acids is 1. The minimum atomic E-state index is -0.381. The number of nitrogens with one attached hydrogen (secondary N) is 2. The Labute approximate surface area is 97.8 Å². The summed E-state index contributed by atoms with van der Waals surface area (Å²) in [6.45, 7) is 10.3. The van der Waals surface area contributed by atoms with Gasteiger partial charge >= 0.3 is 5.97 Å². The van der Waals surface area contributed by atoms with E-state index in [0.717, 1.165) is 26.2 Å². The molecule has 15 heavy (non-hydrogen) atoms. The summed E-state index contributed by atoms with van der Waals surface area (Å²) >= 11 is 0. The zero-order valence-corrected chi connectivity index (χ0v) is 10.5. The summed E-state index contributed by atoms with van der Waals surface area (Å²) in [5.74, 6) is -0.108. The third kappa shape index (κ3) is 5.35. The summed E-state index contributed by atoms with van der Waals surface area (Å²) in [5.41, 5.74) is -0.381. The molecule has 2 N–H and O–H groups in total. The summed E-state index contributed by atoms with van der Waals surface area (Å²) in [6.07, 6.45) is 0. The molecular weight excluding hydrogens is 216 g/mol. The van der Waals surface area contributed by atoms with Gasteiger partial charge in [-0.3, -0.25) is 4.79 Å². The van der Waals surface area contributed by atoms with E-state index in [1.807, 2.05) is 20.8 Å². The van der Waals surface area contributed by atoms with Crippen LogP contribution in [0, 0.1) is 5.41 Å². The maximum Gasteiger partial charge on any atom is 0.315 e. The van der Waals surface area contributed by atoms with Crippen LogP contribution in [0.5, 0.6) is 0 Å². The van der Waals surface area contributed by atoms with E-state index in [1.165, 1.54) is 4.90 Å². The van der Waals surface area contributed by atoms with Crippen LogP contribution in [0.15, 0.2) is 0 Å². The number of hydrogen-bond donors (Lipinski definition) is 2. The first kappa shape index (κ1) is 14.7. The Bertz CT molecular complexity index is 198. The van der Waals surface area contributed by atoms with Crippen LogP contribution in [0.1, 0.15) is 20.8 Å². The zero-order chi connectivity index (χ0) is 10.6. The van der Waals surface area contributed by atoms with Gasteiger partial charge in [0.25, 0.3) is 0 Å². The number of quaternary nitrogens is 1. The third-order valence-corrected chi connectivity index (χ3v) is 2.33. The summed E-state index contributed by atoms with van der Waals surface area (Å²) in [7, 11) is 0. The van der Waals surface area contributed by atoms with Gasteiger partial charge in [0.1, 0.15) is 0 Å². The Morgan fingerprint density at radius 1 is 1.33 bits per heavy atom. The van der Waals surface area contributed by atoms with Gasteiger partial charge in [-0.15, -0.1) is 0 Å². The fourth-order valence-corrected chi connectivity index (χ4v) is 1.31. The maximum absolute atomic E-state index is 11.5. The molecule has 0 bridgehead atoms. The first-order chi connectivity index (χ1) is 6.50. The van der Waals surface area contributed by atoms with Crippen LogP contribution >= 0.6 is 0 Å². The first-order valence-electron chi connectivity index (χ1n) is 5.21. The van der Waals surface area contributed by atoms with Crippen LogP contribution in [0.4, 0.5) is 0 Å². The molecule has 0 unspecified atom stereocenters. The number of ether oxygens (including phenoxy) is 1. The van der Waals surface area contributed by atoms with Crippen molar-refractivity contribution in [3.05, 3.63) is 0 Å². The minimum Gasteiger partial charge on any atom is -1.00 e. The average molecular weight is 237 g/mol. The molecule has 4 nitrogen and oxygen atoms in total. The van der Waals surface area contributed by atoms with Crippen molar-refractivity contribution in [1.82, 2.24) is 5.32 Å². The second-order valence-electron chi connectivity index (χ2n) is 4.83. The lowest BCUT2D eigenvalue weighted by Gasteiger charge is -2.25. The molecule has 0 amide bonds. The number of hydrogen-bond acceptors (Lipinski definition) is 3. The van der Waals surface area contributed by atoms with Gasteiger partial charge in [-0.05, 0) is 20.8 Å². The number of esters is 1. The normalized spacial score (nSPS) is 18.1. The second-order valence-corrected chi connectivity index (χ2v) is 4.83. The van der Waals surface area contributed by atoms with E-state index in [2.05, 4.69) is 5.32 Å². The van der Waals surface area contributed by atoms with Crippen molar-refractivity contribution in [3.8, 4) is 0 Å². The molecule has 0 aromatic heterocycles. The molecule has 1 aliphatic heterocycles. The molecule has 0 aliphatic carbocycles. The lowest BCUT2D eigenvalue weighted by molar-refractivity contribution is -0.919. The van der Waals surface area contributed by atoms with E-state index in [0.29, 0.717) is 6.73 Å². The summed E-state index contributed by atoms with van der Waals surface area (Å²) in [4.78, 5) is 12.8. The molecule has 0 aromatic rings. The molecule has 0 atom stereocenters. The van der Waals surface area contributed by atoms with Crippen LogP contribution in [0.3, 0.4) is 0 Å². The standard InChI is InChI=1S/C10H20N2O2.ClH/c1-10(2,3)9(13)14-8-12-6-4-11-5-7-12;/h11H,4-8H2,1-3H3;1H. The van der Waals surface area contributed by atoms with Crippen molar-refractivity contribution >= 4 is 5.97 Å². The van der Waals surface area contributed by atoms with Crippen molar-refractivity contribution in [2.75, 3.05) is 32.9 Å². The monoisotopic (exact) mass is 236 g/mol. The molecule has 1 rings (SSSR count). The number of rotatable bonds is 2. The van der Waals surface area contributed by atoms with Crippen LogP contribution in [0.2, 0.25) is 0 Å². The summed E-state index contributed by atoms with van der Waals surface area (Å²) in [5, 5.41) is 3.27. The predicted octanol–water partition coefficient (Wildman–Crippen LogP) is -3.97. The van der Waals surface area contributed by atoms with E-state index in [1.54, 1.807) is 0 Å². The van der Waals surface area contributed by atoms with E-state index in [-0.39, 0.29) is 23.8 Å². The fourth-order valence-electron chi connectivity index (χ4n) is 1.31. The van der Waals surface area contributed by atoms with Crippen LogP contribution < -0.4 is 22.6 Å². The van der Waals surface area contributed by atoms with E-state index >= 15 is 0 Å². The van der Waals surface area contributed by atoms with Crippen molar-refractivity contribution in [2.24, 2.45) is 5.41 Å². The number of carbonyl (C=O) groups is 1. The Hall–Kier alpha value is -0.320. The van der Waals surface area contributed by atoms with E-state index < -0.39 is 0 Å². The highest BCUT2D eigenvalue weighted by Gasteiger charge is 2.24. The highest BCUT2D eigenvalue weighted by atomic mass is 35.5. The minimum absolute atomic E-state index is 0. The SMILES string of the molecule is CC(C)(C)C(=O)OC[NH+]1CCNCC1.[Cl-]. The number of piperazine rings is 1. The van der Waals surface area contributed by atoms with Gasteiger partial charge in [0.15, 0.2) is 0 Å². The van der Waals surface area contributed by atoms with Crippen LogP contribution in [0.25, 0.3) is 0 Å². The van der Waals surface area contributed by atoms with Crippen molar-refractivity contribution in [3.63, 3.8) is 0 Å².